The molecule has 0 saturated carbocycles. The van der Waals surface area contributed by atoms with E-state index < -0.39 is 0 Å². The number of rotatable bonds is 8. The Hall–Kier alpha value is -2.30. The average molecular weight is 318 g/mol. The summed E-state index contributed by atoms with van der Waals surface area (Å²) in [6.45, 7) is 2.88. The van der Waals surface area contributed by atoms with Gasteiger partial charge in [-0.15, -0.1) is 0 Å². The van der Waals surface area contributed by atoms with Crippen molar-refractivity contribution in [1.29, 1.82) is 0 Å². The summed E-state index contributed by atoms with van der Waals surface area (Å²) in [5.41, 5.74) is 0.873. The molecule has 5 heteroatoms. The van der Waals surface area contributed by atoms with Crippen LogP contribution in [0.1, 0.15) is 25.3 Å². The fourth-order valence-electron chi connectivity index (χ4n) is 1.96. The SMILES string of the molecule is CCCCN(C)C(=O)CN(C)C(=O)/C=C/c1cccc(OC)c1. The first-order valence-electron chi connectivity index (χ1n) is 7.79. The Morgan fingerprint density at radius 1 is 1.22 bits per heavy atom. The molecule has 1 rings (SSSR count). The molecule has 0 aliphatic carbocycles. The van der Waals surface area contributed by atoms with E-state index >= 15 is 0 Å². The Morgan fingerprint density at radius 3 is 2.61 bits per heavy atom. The lowest BCUT2D eigenvalue weighted by Gasteiger charge is -2.21. The number of unbranched alkanes of at least 4 members (excludes halogenated alkanes) is 1. The first-order chi connectivity index (χ1) is 11.0. The van der Waals surface area contributed by atoms with Gasteiger partial charge in [0.05, 0.1) is 13.7 Å². The molecule has 0 N–H and O–H groups in total. The molecule has 0 heterocycles. The Morgan fingerprint density at radius 2 is 1.96 bits per heavy atom. The average Bonchev–Trinajstić information content (AvgIpc) is 2.57. The summed E-state index contributed by atoms with van der Waals surface area (Å²) in [4.78, 5) is 27.2. The van der Waals surface area contributed by atoms with Crippen molar-refractivity contribution in [1.82, 2.24) is 9.80 Å². The highest BCUT2D eigenvalue weighted by Crippen LogP contribution is 2.13. The van der Waals surface area contributed by atoms with Crippen molar-refractivity contribution >= 4 is 17.9 Å². The molecule has 23 heavy (non-hydrogen) atoms. The van der Waals surface area contributed by atoms with Crippen molar-refractivity contribution < 1.29 is 14.3 Å². The number of benzene rings is 1. The number of ether oxygens (including phenoxy) is 1. The molecule has 0 aromatic heterocycles. The zero-order valence-electron chi connectivity index (χ0n) is 14.4. The van der Waals surface area contributed by atoms with Crippen LogP contribution in [0.3, 0.4) is 0 Å². The number of likely N-dealkylation sites (N-methyl/N-ethyl adjacent to an activating group) is 2. The summed E-state index contributed by atoms with van der Waals surface area (Å²) in [6, 6.07) is 7.43. The summed E-state index contributed by atoms with van der Waals surface area (Å²) < 4.78 is 5.14. The number of carbonyl (C=O) groups excluding carboxylic acids is 2. The lowest BCUT2D eigenvalue weighted by atomic mass is 10.2. The molecule has 0 radical (unpaired) electrons. The zero-order chi connectivity index (χ0) is 17.2. The van der Waals surface area contributed by atoms with Crippen molar-refractivity contribution in [3.63, 3.8) is 0 Å². The van der Waals surface area contributed by atoms with Crippen LogP contribution in [-0.2, 0) is 9.59 Å². The highest BCUT2D eigenvalue weighted by Gasteiger charge is 2.13. The third kappa shape index (κ3) is 6.55. The van der Waals surface area contributed by atoms with E-state index in [1.54, 1.807) is 32.2 Å². The van der Waals surface area contributed by atoms with E-state index in [9.17, 15) is 9.59 Å². The van der Waals surface area contributed by atoms with Gasteiger partial charge in [-0.05, 0) is 30.2 Å². The number of amides is 2. The maximum absolute atomic E-state index is 12.1. The van der Waals surface area contributed by atoms with Crippen LogP contribution in [0.2, 0.25) is 0 Å². The van der Waals surface area contributed by atoms with Crippen molar-refractivity contribution in [2.75, 3.05) is 34.3 Å². The van der Waals surface area contributed by atoms with E-state index in [0.29, 0.717) is 0 Å². The highest BCUT2D eigenvalue weighted by molar-refractivity contribution is 5.94. The summed E-state index contributed by atoms with van der Waals surface area (Å²) in [5.74, 6) is 0.481. The minimum absolute atomic E-state index is 0.0518. The number of carbonyl (C=O) groups is 2. The molecule has 1 aromatic rings. The standard InChI is InChI=1S/C18H26N2O3/c1-5-6-12-19(2)18(22)14-20(3)17(21)11-10-15-8-7-9-16(13-15)23-4/h7-11,13H,5-6,12,14H2,1-4H3/b11-10+. The first-order valence-corrected chi connectivity index (χ1v) is 7.79. The molecule has 0 fully saturated rings. The lowest BCUT2D eigenvalue weighted by Crippen LogP contribution is -2.39. The fraction of sp³-hybridized carbons (Fsp3) is 0.444. The highest BCUT2D eigenvalue weighted by atomic mass is 16.5. The minimum Gasteiger partial charge on any atom is -0.497 e. The van der Waals surface area contributed by atoms with E-state index in [2.05, 4.69) is 6.92 Å². The van der Waals surface area contributed by atoms with E-state index in [0.717, 1.165) is 30.7 Å². The van der Waals surface area contributed by atoms with Crippen molar-refractivity contribution in [3.05, 3.63) is 35.9 Å². The van der Waals surface area contributed by atoms with Gasteiger partial charge in [0.1, 0.15) is 5.75 Å². The van der Waals surface area contributed by atoms with Gasteiger partial charge >= 0.3 is 0 Å². The van der Waals surface area contributed by atoms with E-state index in [-0.39, 0.29) is 18.4 Å². The van der Waals surface area contributed by atoms with E-state index in [1.165, 1.54) is 11.0 Å². The first kappa shape index (κ1) is 18.7. The van der Waals surface area contributed by atoms with Crippen LogP contribution in [0.25, 0.3) is 6.08 Å². The van der Waals surface area contributed by atoms with Crippen LogP contribution in [-0.4, -0.2) is 55.9 Å². The van der Waals surface area contributed by atoms with E-state index in [4.69, 9.17) is 4.74 Å². The van der Waals surface area contributed by atoms with Crippen LogP contribution in [0.4, 0.5) is 0 Å². The van der Waals surface area contributed by atoms with Gasteiger partial charge in [0.2, 0.25) is 11.8 Å². The topological polar surface area (TPSA) is 49.9 Å². The summed E-state index contributed by atoms with van der Waals surface area (Å²) in [6.07, 6.45) is 5.19. The molecule has 0 bridgehead atoms. The summed E-state index contributed by atoms with van der Waals surface area (Å²) in [5, 5.41) is 0. The predicted molar refractivity (Wildman–Crippen MR) is 92.2 cm³/mol. The number of methoxy groups -OCH3 is 1. The minimum atomic E-state index is -0.204. The third-order valence-corrected chi connectivity index (χ3v) is 3.53. The normalized spacial score (nSPS) is 10.6. The van der Waals surface area contributed by atoms with Gasteiger partial charge in [0.15, 0.2) is 0 Å². The van der Waals surface area contributed by atoms with Crippen molar-refractivity contribution in [2.24, 2.45) is 0 Å². The largest absolute Gasteiger partial charge is 0.497 e. The molecule has 0 spiro atoms. The van der Waals surface area contributed by atoms with Crippen LogP contribution >= 0.6 is 0 Å². The Kier molecular flexibility index (Phi) is 7.88. The molecule has 126 valence electrons. The van der Waals surface area contributed by atoms with Gasteiger partial charge in [-0.2, -0.15) is 0 Å². The summed E-state index contributed by atoms with van der Waals surface area (Å²) >= 11 is 0. The maximum Gasteiger partial charge on any atom is 0.246 e. The fourth-order valence-corrected chi connectivity index (χ4v) is 1.96. The molecule has 0 aliphatic heterocycles. The van der Waals surface area contributed by atoms with E-state index in [1.807, 2.05) is 24.3 Å². The molecule has 0 aliphatic rings. The number of hydrogen-bond donors (Lipinski definition) is 0. The molecule has 0 atom stereocenters. The van der Waals surface area contributed by atoms with Gasteiger partial charge in [-0.1, -0.05) is 25.5 Å². The Labute approximate surface area is 138 Å². The smallest absolute Gasteiger partial charge is 0.246 e. The molecular formula is C18H26N2O3. The van der Waals surface area contributed by atoms with Gasteiger partial charge in [-0.3, -0.25) is 9.59 Å². The van der Waals surface area contributed by atoms with Gasteiger partial charge in [-0.25, -0.2) is 0 Å². The van der Waals surface area contributed by atoms with Crippen molar-refractivity contribution in [3.8, 4) is 5.75 Å². The quantitative estimate of drug-likeness (QED) is 0.692. The second kappa shape index (κ2) is 9.66. The van der Waals surface area contributed by atoms with Crippen LogP contribution < -0.4 is 4.74 Å². The number of nitrogens with zero attached hydrogens (tertiary/aromatic N) is 2. The third-order valence-electron chi connectivity index (χ3n) is 3.53. The number of hydrogen-bond acceptors (Lipinski definition) is 3. The van der Waals surface area contributed by atoms with Crippen molar-refractivity contribution in [2.45, 2.75) is 19.8 Å². The second-order valence-electron chi connectivity index (χ2n) is 5.47. The maximum atomic E-state index is 12.1. The zero-order valence-corrected chi connectivity index (χ0v) is 14.4. The Bertz CT molecular complexity index is 555. The van der Waals surface area contributed by atoms with Gasteiger partial charge in [0.25, 0.3) is 0 Å². The molecule has 2 amide bonds. The molecule has 5 nitrogen and oxygen atoms in total. The second-order valence-corrected chi connectivity index (χ2v) is 5.47. The molecule has 0 saturated heterocycles. The molecule has 0 unspecified atom stereocenters. The van der Waals surface area contributed by atoms with Gasteiger partial charge in [0, 0.05) is 26.7 Å². The Balaban J connectivity index is 2.55. The molecular weight excluding hydrogens is 292 g/mol. The molecule has 1 aromatic carbocycles. The monoisotopic (exact) mass is 318 g/mol. The summed E-state index contributed by atoms with van der Waals surface area (Å²) in [7, 11) is 4.99. The van der Waals surface area contributed by atoms with Crippen LogP contribution in [0.5, 0.6) is 5.75 Å². The lowest BCUT2D eigenvalue weighted by molar-refractivity contribution is -0.136. The predicted octanol–water partition coefficient (Wildman–Crippen LogP) is 2.43. The van der Waals surface area contributed by atoms with Crippen LogP contribution in [0.15, 0.2) is 30.3 Å². The van der Waals surface area contributed by atoms with Crippen LogP contribution in [0, 0.1) is 0 Å². The van der Waals surface area contributed by atoms with Gasteiger partial charge < -0.3 is 14.5 Å².